The molecular formula is C9H10ClN5O2S. The number of pyridine rings is 1. The molecule has 96 valence electrons. The molecular weight excluding hydrogens is 278 g/mol. The molecule has 9 heteroatoms. The maximum atomic E-state index is 11.9. The Morgan fingerprint density at radius 2 is 2.28 bits per heavy atom. The molecule has 0 unspecified atom stereocenters. The number of halogens is 1. The molecule has 0 atom stereocenters. The van der Waals surface area contributed by atoms with E-state index >= 15 is 0 Å². The lowest BCUT2D eigenvalue weighted by Crippen LogP contribution is -2.26. The Balaban J connectivity index is 2.02. The van der Waals surface area contributed by atoms with Gasteiger partial charge in [0.05, 0.1) is 5.02 Å². The second-order valence-corrected chi connectivity index (χ2v) is 5.53. The van der Waals surface area contributed by atoms with Gasteiger partial charge in [-0.15, -0.1) is 0 Å². The van der Waals surface area contributed by atoms with E-state index in [-0.39, 0.29) is 16.5 Å². The zero-order chi connectivity index (χ0) is 13.0. The summed E-state index contributed by atoms with van der Waals surface area (Å²) < 4.78 is 26.2. The van der Waals surface area contributed by atoms with Crippen molar-refractivity contribution in [2.45, 2.75) is 11.3 Å². The predicted octanol–water partition coefficient (Wildman–Crippen LogP) is 0.374. The summed E-state index contributed by atoms with van der Waals surface area (Å²) in [6, 6.07) is 1.42. The maximum absolute atomic E-state index is 11.9. The molecule has 2 aromatic heterocycles. The molecule has 0 fully saturated rings. The van der Waals surface area contributed by atoms with Crippen molar-refractivity contribution in [3.05, 3.63) is 35.6 Å². The molecule has 0 radical (unpaired) electrons. The van der Waals surface area contributed by atoms with Crippen molar-refractivity contribution in [1.29, 1.82) is 0 Å². The van der Waals surface area contributed by atoms with Crippen LogP contribution >= 0.6 is 11.6 Å². The zero-order valence-corrected chi connectivity index (χ0v) is 10.7. The molecule has 0 saturated carbocycles. The summed E-state index contributed by atoms with van der Waals surface area (Å²) in [5.74, 6) is 0.606. The Bertz CT molecular complexity index is 614. The minimum absolute atomic E-state index is 0.0377. The highest BCUT2D eigenvalue weighted by atomic mass is 35.5. The minimum atomic E-state index is -3.65. The van der Waals surface area contributed by atoms with Crippen LogP contribution in [0.2, 0.25) is 5.02 Å². The summed E-state index contributed by atoms with van der Waals surface area (Å²) in [7, 11) is -3.65. The van der Waals surface area contributed by atoms with Crippen LogP contribution < -0.4 is 4.72 Å². The topological polar surface area (TPSA) is 101 Å². The van der Waals surface area contributed by atoms with Crippen molar-refractivity contribution in [3.8, 4) is 0 Å². The molecule has 2 rings (SSSR count). The van der Waals surface area contributed by atoms with Gasteiger partial charge in [0, 0.05) is 25.4 Å². The van der Waals surface area contributed by atoms with Gasteiger partial charge in [-0.05, 0) is 6.07 Å². The molecule has 0 aliphatic rings. The average Bonchev–Trinajstić information content (AvgIpc) is 2.82. The second-order valence-electron chi connectivity index (χ2n) is 3.39. The first-order chi connectivity index (χ1) is 8.59. The average molecular weight is 288 g/mol. The third-order valence-electron chi connectivity index (χ3n) is 2.14. The summed E-state index contributed by atoms with van der Waals surface area (Å²) >= 11 is 5.80. The molecule has 2 N–H and O–H groups in total. The monoisotopic (exact) mass is 287 g/mol. The SMILES string of the molecule is O=S(=O)(NCCc1ncn[nH]1)c1cnccc1Cl. The van der Waals surface area contributed by atoms with Gasteiger partial charge in [0.25, 0.3) is 0 Å². The molecule has 2 heterocycles. The number of hydrogen-bond acceptors (Lipinski definition) is 5. The fourth-order valence-electron chi connectivity index (χ4n) is 1.29. The number of sulfonamides is 1. The number of aromatic nitrogens is 4. The van der Waals surface area contributed by atoms with Gasteiger partial charge in [-0.25, -0.2) is 18.1 Å². The van der Waals surface area contributed by atoms with E-state index in [1.165, 1.54) is 24.8 Å². The van der Waals surface area contributed by atoms with E-state index in [0.29, 0.717) is 12.2 Å². The fourth-order valence-corrected chi connectivity index (χ4v) is 2.75. The standard InChI is InChI=1S/C9H10ClN5O2S/c10-7-1-3-11-5-8(7)18(16,17)14-4-2-9-12-6-13-15-9/h1,3,5-6,14H,2,4H2,(H,12,13,15). The van der Waals surface area contributed by atoms with Gasteiger partial charge in [0.2, 0.25) is 10.0 Å². The van der Waals surface area contributed by atoms with Crippen LogP contribution in [-0.4, -0.2) is 35.1 Å². The largest absolute Gasteiger partial charge is 0.263 e. The molecule has 0 aliphatic carbocycles. The van der Waals surface area contributed by atoms with Crippen LogP contribution in [0.5, 0.6) is 0 Å². The van der Waals surface area contributed by atoms with E-state index in [1.54, 1.807) is 0 Å². The van der Waals surface area contributed by atoms with Gasteiger partial charge in [-0.2, -0.15) is 5.10 Å². The molecule has 0 bridgehead atoms. The lowest BCUT2D eigenvalue weighted by Gasteiger charge is -2.06. The van der Waals surface area contributed by atoms with Crippen molar-refractivity contribution in [1.82, 2.24) is 24.9 Å². The van der Waals surface area contributed by atoms with E-state index < -0.39 is 10.0 Å². The van der Waals surface area contributed by atoms with Crippen molar-refractivity contribution in [2.75, 3.05) is 6.54 Å². The molecule has 2 aromatic rings. The van der Waals surface area contributed by atoms with Crippen LogP contribution in [0.4, 0.5) is 0 Å². The third kappa shape index (κ3) is 3.03. The molecule has 0 spiro atoms. The van der Waals surface area contributed by atoms with Crippen molar-refractivity contribution in [2.24, 2.45) is 0 Å². The van der Waals surface area contributed by atoms with Gasteiger partial charge >= 0.3 is 0 Å². The third-order valence-corrected chi connectivity index (χ3v) is 4.07. The highest BCUT2D eigenvalue weighted by Gasteiger charge is 2.17. The van der Waals surface area contributed by atoms with Crippen LogP contribution in [-0.2, 0) is 16.4 Å². The number of nitrogens with zero attached hydrogens (tertiary/aromatic N) is 3. The number of nitrogens with one attached hydrogen (secondary N) is 2. The van der Waals surface area contributed by atoms with Crippen molar-refractivity contribution >= 4 is 21.6 Å². The summed E-state index contributed by atoms with van der Waals surface area (Å²) in [4.78, 5) is 7.59. The van der Waals surface area contributed by atoms with E-state index in [0.717, 1.165) is 0 Å². The summed E-state index contributed by atoms with van der Waals surface area (Å²) in [5, 5.41) is 6.44. The molecule has 18 heavy (non-hydrogen) atoms. The summed E-state index contributed by atoms with van der Waals surface area (Å²) in [5.41, 5.74) is 0. The van der Waals surface area contributed by atoms with Gasteiger partial charge in [-0.1, -0.05) is 11.6 Å². The highest BCUT2D eigenvalue weighted by molar-refractivity contribution is 7.89. The Morgan fingerprint density at radius 3 is 2.94 bits per heavy atom. The van der Waals surface area contributed by atoms with Gasteiger partial charge in [0.1, 0.15) is 17.0 Å². The smallest absolute Gasteiger partial charge is 0.243 e. The second kappa shape index (κ2) is 5.42. The van der Waals surface area contributed by atoms with Crippen LogP contribution in [0.25, 0.3) is 0 Å². The fraction of sp³-hybridized carbons (Fsp3) is 0.222. The number of aromatic amines is 1. The quantitative estimate of drug-likeness (QED) is 0.828. The number of H-pyrrole nitrogens is 1. The molecule has 0 amide bonds. The minimum Gasteiger partial charge on any atom is -0.263 e. The highest BCUT2D eigenvalue weighted by Crippen LogP contribution is 2.18. The Kier molecular flexibility index (Phi) is 3.90. The number of rotatable bonds is 5. The Hall–Kier alpha value is -1.51. The maximum Gasteiger partial charge on any atom is 0.243 e. The Labute approximate surface area is 109 Å². The van der Waals surface area contributed by atoms with E-state index in [2.05, 4.69) is 24.9 Å². The summed E-state index contributed by atoms with van der Waals surface area (Å²) in [6.07, 6.45) is 4.41. The molecule has 0 aliphatic heterocycles. The van der Waals surface area contributed by atoms with Gasteiger partial charge in [-0.3, -0.25) is 10.1 Å². The normalized spacial score (nSPS) is 11.6. The summed E-state index contributed by atoms with van der Waals surface area (Å²) in [6.45, 7) is 0.197. The molecule has 0 saturated heterocycles. The first-order valence-electron chi connectivity index (χ1n) is 5.03. The van der Waals surface area contributed by atoms with E-state index in [1.807, 2.05) is 0 Å². The lowest BCUT2D eigenvalue weighted by molar-refractivity contribution is 0.580. The van der Waals surface area contributed by atoms with E-state index in [9.17, 15) is 8.42 Å². The van der Waals surface area contributed by atoms with Crippen molar-refractivity contribution < 1.29 is 8.42 Å². The van der Waals surface area contributed by atoms with Gasteiger partial charge in [0.15, 0.2) is 0 Å². The molecule has 7 nitrogen and oxygen atoms in total. The zero-order valence-electron chi connectivity index (χ0n) is 9.17. The van der Waals surface area contributed by atoms with Crippen LogP contribution in [0.1, 0.15) is 5.82 Å². The van der Waals surface area contributed by atoms with Crippen LogP contribution in [0, 0.1) is 0 Å². The predicted molar refractivity (Wildman–Crippen MR) is 64.5 cm³/mol. The first kappa shape index (κ1) is 12.9. The van der Waals surface area contributed by atoms with Crippen LogP contribution in [0.15, 0.2) is 29.7 Å². The first-order valence-corrected chi connectivity index (χ1v) is 6.89. The molecule has 0 aromatic carbocycles. The van der Waals surface area contributed by atoms with E-state index in [4.69, 9.17) is 11.6 Å². The van der Waals surface area contributed by atoms with Crippen LogP contribution in [0.3, 0.4) is 0 Å². The van der Waals surface area contributed by atoms with Gasteiger partial charge < -0.3 is 0 Å². The Morgan fingerprint density at radius 1 is 1.44 bits per heavy atom. The lowest BCUT2D eigenvalue weighted by atomic mass is 10.4. The number of hydrogen-bond donors (Lipinski definition) is 2. The van der Waals surface area contributed by atoms with Crippen molar-refractivity contribution in [3.63, 3.8) is 0 Å².